The summed E-state index contributed by atoms with van der Waals surface area (Å²) in [7, 11) is 1.65. The van der Waals surface area contributed by atoms with Gasteiger partial charge in [-0.2, -0.15) is 5.10 Å². The lowest BCUT2D eigenvalue weighted by Crippen LogP contribution is -2.35. The van der Waals surface area contributed by atoms with Crippen molar-refractivity contribution in [2.45, 2.75) is 32.2 Å². The molecule has 1 aliphatic rings. The van der Waals surface area contributed by atoms with Crippen molar-refractivity contribution >= 4 is 17.6 Å². The minimum absolute atomic E-state index is 0.0472. The van der Waals surface area contributed by atoms with Crippen molar-refractivity contribution < 1.29 is 14.4 Å². The van der Waals surface area contributed by atoms with Gasteiger partial charge < -0.3 is 9.57 Å². The van der Waals surface area contributed by atoms with E-state index in [9.17, 15) is 4.79 Å². The Balaban J connectivity index is 1.77. The summed E-state index contributed by atoms with van der Waals surface area (Å²) in [6.07, 6.45) is 2.37. The number of carbonyl (C=O) groups excluding carboxylic acids is 1. The van der Waals surface area contributed by atoms with E-state index in [-0.39, 0.29) is 12.0 Å². The van der Waals surface area contributed by atoms with E-state index in [1.807, 2.05) is 53.2 Å². The SMILES string of the molecule is COc1ccc(-n2nc3c(c2-c2ccc(Cl)cc2)CC(NOC(C)=O)CC3)cc1. The maximum atomic E-state index is 11.2. The molecule has 0 saturated heterocycles. The number of carbonyl (C=O) groups is 1. The minimum Gasteiger partial charge on any atom is -0.497 e. The second kappa shape index (κ2) is 8.27. The third kappa shape index (κ3) is 4.13. The number of nitrogens with one attached hydrogen (secondary N) is 1. The molecule has 3 aromatic rings. The molecule has 0 amide bonds. The van der Waals surface area contributed by atoms with Gasteiger partial charge in [0.15, 0.2) is 0 Å². The Morgan fingerprint density at radius 1 is 1.17 bits per heavy atom. The summed E-state index contributed by atoms with van der Waals surface area (Å²) in [6, 6.07) is 15.6. The number of ether oxygens (including phenoxy) is 1. The number of rotatable bonds is 5. The van der Waals surface area contributed by atoms with Crippen molar-refractivity contribution in [1.82, 2.24) is 15.3 Å². The number of fused-ring (bicyclic) bond motifs is 1. The molecule has 0 bridgehead atoms. The molecule has 29 heavy (non-hydrogen) atoms. The Morgan fingerprint density at radius 2 is 1.90 bits per heavy atom. The van der Waals surface area contributed by atoms with Crippen LogP contribution in [0.4, 0.5) is 0 Å². The lowest BCUT2D eigenvalue weighted by molar-refractivity contribution is -0.150. The lowest BCUT2D eigenvalue weighted by atomic mass is 9.90. The summed E-state index contributed by atoms with van der Waals surface area (Å²) >= 11 is 6.11. The molecule has 2 aromatic carbocycles. The van der Waals surface area contributed by atoms with Crippen molar-refractivity contribution in [2.75, 3.05) is 7.11 Å². The highest BCUT2D eigenvalue weighted by Gasteiger charge is 2.28. The van der Waals surface area contributed by atoms with Crippen molar-refractivity contribution in [3.63, 3.8) is 0 Å². The summed E-state index contributed by atoms with van der Waals surface area (Å²) in [5.41, 5.74) is 8.12. The number of halogens is 1. The van der Waals surface area contributed by atoms with Crippen molar-refractivity contribution in [3.05, 3.63) is 64.8 Å². The lowest BCUT2D eigenvalue weighted by Gasteiger charge is -2.22. The van der Waals surface area contributed by atoms with Crippen LogP contribution in [0, 0.1) is 0 Å². The van der Waals surface area contributed by atoms with Gasteiger partial charge in [0.2, 0.25) is 0 Å². The molecule has 0 saturated carbocycles. The Kier molecular flexibility index (Phi) is 5.56. The third-order valence-electron chi connectivity index (χ3n) is 5.05. The van der Waals surface area contributed by atoms with Crippen LogP contribution < -0.4 is 10.2 Å². The highest BCUT2D eigenvalue weighted by atomic mass is 35.5. The third-order valence-corrected chi connectivity index (χ3v) is 5.30. The quantitative estimate of drug-likeness (QED) is 0.639. The zero-order chi connectivity index (χ0) is 20.4. The largest absolute Gasteiger partial charge is 0.497 e. The van der Waals surface area contributed by atoms with Crippen molar-refractivity contribution in [1.29, 1.82) is 0 Å². The molecule has 150 valence electrons. The molecule has 1 aromatic heterocycles. The first-order chi connectivity index (χ1) is 14.0. The second-order valence-corrected chi connectivity index (χ2v) is 7.48. The molecule has 1 unspecified atom stereocenters. The monoisotopic (exact) mass is 411 g/mol. The summed E-state index contributed by atoms with van der Waals surface area (Å²) < 4.78 is 7.25. The standard InChI is InChI=1S/C22H22ClN3O3/c1-14(27)29-25-17-7-12-21-20(13-17)22(15-3-5-16(23)6-4-15)26(24-21)18-8-10-19(28-2)11-9-18/h3-6,8-11,17,25H,7,12-13H2,1-2H3. The average molecular weight is 412 g/mol. The van der Waals surface area contributed by atoms with E-state index in [2.05, 4.69) is 5.48 Å². The van der Waals surface area contributed by atoms with Crippen LogP contribution in [0.5, 0.6) is 5.75 Å². The smallest absolute Gasteiger partial charge is 0.321 e. The summed E-state index contributed by atoms with van der Waals surface area (Å²) in [5.74, 6) is 0.451. The van der Waals surface area contributed by atoms with Gasteiger partial charge >= 0.3 is 5.97 Å². The Hall–Kier alpha value is -2.83. The number of aromatic nitrogens is 2. The summed E-state index contributed by atoms with van der Waals surface area (Å²) in [5, 5.41) is 5.60. The van der Waals surface area contributed by atoms with Gasteiger partial charge in [0, 0.05) is 29.1 Å². The van der Waals surface area contributed by atoms with Crippen LogP contribution in [0.3, 0.4) is 0 Å². The van der Waals surface area contributed by atoms with E-state index >= 15 is 0 Å². The number of methoxy groups -OCH3 is 1. The molecule has 0 aliphatic heterocycles. The Morgan fingerprint density at radius 3 is 2.55 bits per heavy atom. The number of hydrogen-bond donors (Lipinski definition) is 1. The normalized spacial score (nSPS) is 15.6. The predicted molar refractivity (Wildman–Crippen MR) is 111 cm³/mol. The number of nitrogens with zero attached hydrogens (tertiary/aromatic N) is 2. The van der Waals surface area contributed by atoms with Gasteiger partial charge in [0.25, 0.3) is 0 Å². The van der Waals surface area contributed by atoms with Gasteiger partial charge in [-0.1, -0.05) is 23.7 Å². The fraction of sp³-hybridized carbons (Fsp3) is 0.273. The van der Waals surface area contributed by atoms with Crippen molar-refractivity contribution in [2.24, 2.45) is 0 Å². The van der Waals surface area contributed by atoms with Crippen LogP contribution in [0.1, 0.15) is 24.6 Å². The minimum atomic E-state index is -0.345. The summed E-state index contributed by atoms with van der Waals surface area (Å²) in [4.78, 5) is 16.2. The van der Waals surface area contributed by atoms with E-state index in [0.717, 1.165) is 53.2 Å². The molecular formula is C22H22ClN3O3. The van der Waals surface area contributed by atoms with E-state index in [1.165, 1.54) is 6.92 Å². The van der Waals surface area contributed by atoms with Gasteiger partial charge in [-0.15, -0.1) is 5.48 Å². The topological polar surface area (TPSA) is 65.4 Å². The van der Waals surface area contributed by atoms with Gasteiger partial charge in [-0.3, -0.25) is 4.79 Å². The van der Waals surface area contributed by atoms with E-state index in [4.69, 9.17) is 26.3 Å². The maximum absolute atomic E-state index is 11.2. The van der Waals surface area contributed by atoms with Crippen LogP contribution in [0.2, 0.25) is 5.02 Å². The second-order valence-electron chi connectivity index (χ2n) is 7.04. The van der Waals surface area contributed by atoms with Gasteiger partial charge in [0.1, 0.15) is 5.75 Å². The fourth-order valence-electron chi connectivity index (χ4n) is 3.65. The molecule has 4 rings (SSSR count). The molecule has 0 radical (unpaired) electrons. The zero-order valence-electron chi connectivity index (χ0n) is 16.3. The summed E-state index contributed by atoms with van der Waals surface area (Å²) in [6.45, 7) is 1.39. The number of aryl methyl sites for hydroxylation is 1. The predicted octanol–water partition coefficient (Wildman–Crippen LogP) is 4.13. The highest BCUT2D eigenvalue weighted by molar-refractivity contribution is 6.30. The van der Waals surface area contributed by atoms with Crippen LogP contribution >= 0.6 is 11.6 Å². The maximum Gasteiger partial charge on any atom is 0.321 e. The first kappa shape index (κ1) is 19.5. The molecule has 1 heterocycles. The molecule has 6 nitrogen and oxygen atoms in total. The van der Waals surface area contributed by atoms with Crippen molar-refractivity contribution in [3.8, 4) is 22.7 Å². The van der Waals surface area contributed by atoms with Crippen LogP contribution in [0.25, 0.3) is 16.9 Å². The van der Waals surface area contributed by atoms with E-state index in [0.29, 0.717) is 5.02 Å². The zero-order valence-corrected chi connectivity index (χ0v) is 17.1. The van der Waals surface area contributed by atoms with Gasteiger partial charge in [-0.05, 0) is 55.7 Å². The molecule has 0 fully saturated rings. The number of hydrogen-bond acceptors (Lipinski definition) is 5. The number of benzene rings is 2. The van der Waals surface area contributed by atoms with Crippen LogP contribution in [0.15, 0.2) is 48.5 Å². The number of hydroxylamine groups is 1. The molecular weight excluding hydrogens is 390 g/mol. The fourth-order valence-corrected chi connectivity index (χ4v) is 3.78. The Bertz CT molecular complexity index is 1010. The average Bonchev–Trinajstić information content (AvgIpc) is 3.11. The van der Waals surface area contributed by atoms with Gasteiger partial charge in [-0.25, -0.2) is 4.68 Å². The van der Waals surface area contributed by atoms with E-state index in [1.54, 1.807) is 7.11 Å². The van der Waals surface area contributed by atoms with Gasteiger partial charge in [0.05, 0.1) is 24.2 Å². The first-order valence-corrected chi connectivity index (χ1v) is 9.87. The highest BCUT2D eigenvalue weighted by Crippen LogP contribution is 2.34. The van der Waals surface area contributed by atoms with Crippen LogP contribution in [-0.2, 0) is 22.5 Å². The molecule has 1 atom stereocenters. The molecule has 0 spiro atoms. The molecule has 1 N–H and O–H groups in total. The molecule has 1 aliphatic carbocycles. The van der Waals surface area contributed by atoms with Crippen LogP contribution in [-0.4, -0.2) is 28.9 Å². The Labute approximate surface area is 174 Å². The molecule has 7 heteroatoms. The first-order valence-electron chi connectivity index (χ1n) is 9.49. The van der Waals surface area contributed by atoms with E-state index < -0.39 is 0 Å².